The summed E-state index contributed by atoms with van der Waals surface area (Å²) in [6, 6.07) is 11.6. The predicted octanol–water partition coefficient (Wildman–Crippen LogP) is 4.32. The summed E-state index contributed by atoms with van der Waals surface area (Å²) >= 11 is 0. The van der Waals surface area contributed by atoms with Crippen LogP contribution in [0.4, 0.5) is 0 Å². The van der Waals surface area contributed by atoms with Crippen molar-refractivity contribution in [2.45, 2.75) is 39.5 Å². The maximum atomic E-state index is 12.6. The Hall–Kier alpha value is -3.15. The van der Waals surface area contributed by atoms with Crippen LogP contribution >= 0.6 is 0 Å². The van der Waals surface area contributed by atoms with Crippen molar-refractivity contribution < 1.29 is 18.7 Å². The van der Waals surface area contributed by atoms with Crippen molar-refractivity contribution in [3.05, 3.63) is 64.5 Å². The number of oxazole rings is 1. The molecule has 1 amide bonds. The van der Waals surface area contributed by atoms with Crippen LogP contribution in [0, 0.1) is 20.8 Å². The molecule has 0 saturated carbocycles. The Bertz CT molecular complexity index is 1040. The topological polar surface area (TPSA) is 72.6 Å². The highest BCUT2D eigenvalue weighted by atomic mass is 16.5. The fraction of sp³-hybridized carbons (Fsp3) is 0.375. The van der Waals surface area contributed by atoms with Crippen molar-refractivity contribution in [1.82, 2.24) is 9.88 Å². The Labute approximate surface area is 175 Å². The van der Waals surface area contributed by atoms with Gasteiger partial charge in [0.1, 0.15) is 5.52 Å². The molecule has 1 saturated heterocycles. The monoisotopic (exact) mass is 406 g/mol. The zero-order valence-electron chi connectivity index (χ0n) is 17.6. The predicted molar refractivity (Wildman–Crippen MR) is 113 cm³/mol. The number of piperidine rings is 1. The molecule has 1 aliphatic rings. The van der Waals surface area contributed by atoms with E-state index in [-0.39, 0.29) is 18.4 Å². The van der Waals surface area contributed by atoms with Crippen molar-refractivity contribution >= 4 is 23.0 Å². The zero-order chi connectivity index (χ0) is 21.3. The summed E-state index contributed by atoms with van der Waals surface area (Å²) in [7, 11) is 0. The average molecular weight is 406 g/mol. The number of esters is 1. The van der Waals surface area contributed by atoms with Gasteiger partial charge < -0.3 is 14.1 Å². The van der Waals surface area contributed by atoms with E-state index in [1.165, 1.54) is 0 Å². The van der Waals surface area contributed by atoms with Gasteiger partial charge in [0.25, 0.3) is 5.91 Å². The highest BCUT2D eigenvalue weighted by Crippen LogP contribution is 2.30. The van der Waals surface area contributed by atoms with Crippen molar-refractivity contribution in [1.29, 1.82) is 0 Å². The molecule has 0 N–H and O–H groups in total. The van der Waals surface area contributed by atoms with E-state index in [0.29, 0.717) is 18.7 Å². The first-order valence-electron chi connectivity index (χ1n) is 10.3. The van der Waals surface area contributed by atoms with E-state index in [0.717, 1.165) is 46.5 Å². The molecule has 1 aliphatic heterocycles. The molecule has 0 radical (unpaired) electrons. The minimum Gasteiger partial charge on any atom is -0.452 e. The second-order valence-corrected chi connectivity index (χ2v) is 8.02. The number of aromatic nitrogens is 1. The number of carbonyl (C=O) groups is 2. The number of likely N-dealkylation sites (tertiary alicyclic amines) is 1. The molecule has 2 heterocycles. The van der Waals surface area contributed by atoms with Gasteiger partial charge in [-0.1, -0.05) is 29.8 Å². The van der Waals surface area contributed by atoms with Crippen molar-refractivity contribution in [2.75, 3.05) is 19.7 Å². The molecular formula is C24H26N2O4. The number of hydrogen-bond acceptors (Lipinski definition) is 5. The van der Waals surface area contributed by atoms with Crippen LogP contribution in [0.3, 0.4) is 0 Å². The van der Waals surface area contributed by atoms with E-state index in [1.54, 1.807) is 4.90 Å². The number of fused-ring (bicyclic) bond motifs is 1. The molecule has 6 heteroatoms. The third-order valence-corrected chi connectivity index (χ3v) is 5.72. The van der Waals surface area contributed by atoms with E-state index in [2.05, 4.69) is 4.98 Å². The molecule has 156 valence electrons. The highest BCUT2D eigenvalue weighted by molar-refractivity contribution is 5.94. The van der Waals surface area contributed by atoms with Crippen molar-refractivity contribution in [3.63, 3.8) is 0 Å². The number of carbonyl (C=O) groups excluding carboxylic acids is 2. The molecule has 3 aromatic rings. The Morgan fingerprint density at radius 1 is 1.10 bits per heavy atom. The van der Waals surface area contributed by atoms with Gasteiger partial charge >= 0.3 is 5.97 Å². The van der Waals surface area contributed by atoms with Gasteiger partial charge in [0.2, 0.25) is 0 Å². The maximum absolute atomic E-state index is 12.6. The van der Waals surface area contributed by atoms with Gasteiger partial charge in [-0.2, -0.15) is 0 Å². The van der Waals surface area contributed by atoms with Crippen molar-refractivity contribution in [2.24, 2.45) is 0 Å². The van der Waals surface area contributed by atoms with Crippen LogP contribution in [0.5, 0.6) is 0 Å². The molecule has 1 aromatic heterocycles. The van der Waals surface area contributed by atoms with Crippen LogP contribution in [0.2, 0.25) is 0 Å². The molecule has 0 unspecified atom stereocenters. The molecule has 6 nitrogen and oxygen atoms in total. The van der Waals surface area contributed by atoms with E-state index >= 15 is 0 Å². The summed E-state index contributed by atoms with van der Waals surface area (Å²) < 4.78 is 11.2. The Morgan fingerprint density at radius 2 is 1.77 bits per heavy atom. The van der Waals surface area contributed by atoms with Gasteiger partial charge in [-0.25, -0.2) is 9.78 Å². The van der Waals surface area contributed by atoms with E-state index in [1.807, 2.05) is 57.2 Å². The van der Waals surface area contributed by atoms with Crippen LogP contribution in [-0.4, -0.2) is 41.5 Å². The lowest BCUT2D eigenvalue weighted by atomic mass is 9.97. The number of aryl methyl sites for hydroxylation is 3. The lowest BCUT2D eigenvalue weighted by Crippen LogP contribution is -2.40. The first-order valence-corrected chi connectivity index (χ1v) is 10.3. The summed E-state index contributed by atoms with van der Waals surface area (Å²) in [5.74, 6) is 0.323. The second kappa shape index (κ2) is 8.30. The standard InChI is InChI=1S/C24H26N2O4/c1-15-12-16(2)22(17(3)13-15)24(28)29-14-21(27)26-10-8-18(9-11-26)23-25-19-6-4-5-7-20(19)30-23/h4-7,12-13,18H,8-11,14H2,1-3H3. The quantitative estimate of drug-likeness (QED) is 0.604. The molecule has 0 aliphatic carbocycles. The summed E-state index contributed by atoms with van der Waals surface area (Å²) in [5, 5.41) is 0. The summed E-state index contributed by atoms with van der Waals surface area (Å²) in [6.07, 6.45) is 1.56. The lowest BCUT2D eigenvalue weighted by Gasteiger charge is -2.30. The van der Waals surface area contributed by atoms with E-state index in [9.17, 15) is 9.59 Å². The third-order valence-electron chi connectivity index (χ3n) is 5.72. The Morgan fingerprint density at radius 3 is 2.43 bits per heavy atom. The van der Waals surface area contributed by atoms with Crippen LogP contribution in [0.15, 0.2) is 40.8 Å². The van der Waals surface area contributed by atoms with Crippen LogP contribution in [0.1, 0.15) is 51.7 Å². The summed E-state index contributed by atoms with van der Waals surface area (Å²) in [6.45, 7) is 6.72. The number of hydrogen-bond donors (Lipinski definition) is 0. The lowest BCUT2D eigenvalue weighted by molar-refractivity contribution is -0.135. The molecule has 0 bridgehead atoms. The van der Waals surface area contributed by atoms with Gasteiger partial charge in [0, 0.05) is 19.0 Å². The van der Waals surface area contributed by atoms with Crippen LogP contribution in [0.25, 0.3) is 11.1 Å². The number of rotatable bonds is 4. The molecule has 1 fully saturated rings. The SMILES string of the molecule is Cc1cc(C)c(C(=O)OCC(=O)N2CCC(c3nc4ccccc4o3)CC2)c(C)c1. The Kier molecular flexibility index (Phi) is 5.57. The molecule has 4 rings (SSSR count). The third kappa shape index (κ3) is 4.08. The van der Waals surface area contributed by atoms with Gasteiger partial charge in [-0.15, -0.1) is 0 Å². The van der Waals surface area contributed by atoms with E-state index in [4.69, 9.17) is 9.15 Å². The van der Waals surface area contributed by atoms with Gasteiger partial charge in [-0.3, -0.25) is 4.79 Å². The molecule has 0 spiro atoms. The number of nitrogens with zero attached hydrogens (tertiary/aromatic N) is 2. The number of amides is 1. The normalized spacial score (nSPS) is 14.8. The minimum absolute atomic E-state index is 0.165. The van der Waals surface area contributed by atoms with Gasteiger partial charge in [0.05, 0.1) is 5.56 Å². The van der Waals surface area contributed by atoms with Gasteiger partial charge in [0.15, 0.2) is 18.1 Å². The second-order valence-electron chi connectivity index (χ2n) is 8.02. The summed E-state index contributed by atoms with van der Waals surface area (Å²) in [4.78, 5) is 31.4. The van der Waals surface area contributed by atoms with Crippen molar-refractivity contribution in [3.8, 4) is 0 Å². The fourth-order valence-corrected chi connectivity index (χ4v) is 4.23. The molecule has 2 aromatic carbocycles. The van der Waals surface area contributed by atoms with Crippen LogP contribution in [-0.2, 0) is 9.53 Å². The average Bonchev–Trinajstić information content (AvgIpc) is 3.15. The molecule has 30 heavy (non-hydrogen) atoms. The summed E-state index contributed by atoms with van der Waals surface area (Å²) in [5.41, 5.74) is 5.02. The maximum Gasteiger partial charge on any atom is 0.339 e. The molecule has 0 atom stereocenters. The van der Waals surface area contributed by atoms with Crippen LogP contribution < -0.4 is 0 Å². The number of benzene rings is 2. The number of ether oxygens (including phenoxy) is 1. The largest absolute Gasteiger partial charge is 0.452 e. The highest BCUT2D eigenvalue weighted by Gasteiger charge is 2.27. The smallest absolute Gasteiger partial charge is 0.339 e. The minimum atomic E-state index is -0.445. The fourth-order valence-electron chi connectivity index (χ4n) is 4.23. The zero-order valence-corrected chi connectivity index (χ0v) is 17.6. The molecular weight excluding hydrogens is 380 g/mol. The first kappa shape index (κ1) is 20.1. The van der Waals surface area contributed by atoms with E-state index < -0.39 is 5.97 Å². The first-order chi connectivity index (χ1) is 14.4. The Balaban J connectivity index is 1.32. The number of para-hydroxylation sites is 2. The van der Waals surface area contributed by atoms with Gasteiger partial charge in [-0.05, 0) is 56.9 Å².